The van der Waals surface area contributed by atoms with Gasteiger partial charge in [0.2, 0.25) is 0 Å². The van der Waals surface area contributed by atoms with Crippen LogP contribution in [0.1, 0.15) is 34.5 Å². The first-order valence-electron chi connectivity index (χ1n) is 11.4. The number of anilines is 1. The third-order valence-electron chi connectivity index (χ3n) is 6.09. The highest BCUT2D eigenvalue weighted by atomic mass is 32.2. The van der Waals surface area contributed by atoms with E-state index in [1.807, 2.05) is 65.0 Å². The summed E-state index contributed by atoms with van der Waals surface area (Å²) in [6.45, 7) is 2.81. The van der Waals surface area contributed by atoms with Gasteiger partial charge >= 0.3 is 0 Å². The van der Waals surface area contributed by atoms with Gasteiger partial charge < -0.3 is 14.2 Å². The molecule has 0 aliphatic carbocycles. The van der Waals surface area contributed by atoms with E-state index in [-0.39, 0.29) is 5.91 Å². The normalized spacial score (nSPS) is 13.5. The van der Waals surface area contributed by atoms with Crippen molar-refractivity contribution in [2.24, 2.45) is 0 Å². The molecule has 1 fully saturated rings. The molecule has 1 aliphatic rings. The van der Waals surface area contributed by atoms with Crippen LogP contribution in [-0.4, -0.2) is 40.3 Å². The van der Waals surface area contributed by atoms with E-state index in [0.717, 1.165) is 35.1 Å². The Labute approximate surface area is 199 Å². The second kappa shape index (κ2) is 9.71. The molecule has 168 valence electrons. The van der Waals surface area contributed by atoms with Crippen LogP contribution in [0.4, 0.5) is 5.69 Å². The summed E-state index contributed by atoms with van der Waals surface area (Å²) in [5, 5.41) is 0. The van der Waals surface area contributed by atoms with Crippen molar-refractivity contribution < 1.29 is 4.79 Å². The number of imidazole rings is 1. The fourth-order valence-electron chi connectivity index (χ4n) is 4.37. The van der Waals surface area contributed by atoms with Crippen molar-refractivity contribution >= 4 is 29.0 Å². The van der Waals surface area contributed by atoms with Gasteiger partial charge in [0.15, 0.2) is 0 Å². The highest BCUT2D eigenvalue weighted by molar-refractivity contribution is 7.98. The molecular weight excluding hydrogens is 428 g/mol. The summed E-state index contributed by atoms with van der Waals surface area (Å²) >= 11 is 1.73. The fourth-order valence-corrected chi connectivity index (χ4v) is 5.15. The molecule has 6 heteroatoms. The third-order valence-corrected chi connectivity index (χ3v) is 7.14. The molecule has 2 aromatic heterocycles. The van der Waals surface area contributed by atoms with Gasteiger partial charge in [0.25, 0.3) is 5.91 Å². The Kier molecular flexibility index (Phi) is 6.35. The standard InChI is InChI=1S/C27H28N4OS/c1-29(18-22-8-2-3-9-25(22)30-15-6-7-16-30)27(32)21-11-13-24(14-12-21)33-20-23-19-31-17-5-4-10-26(31)28-23/h2-5,8-14,17,19H,6-7,15-16,18,20H2,1H3. The van der Waals surface area contributed by atoms with Gasteiger partial charge in [-0.1, -0.05) is 24.3 Å². The number of carbonyl (C=O) groups excluding carboxylic acids is 1. The minimum absolute atomic E-state index is 0.0446. The molecule has 1 aliphatic heterocycles. The Balaban J connectivity index is 1.21. The average Bonchev–Trinajstić information content (AvgIpc) is 3.53. The Morgan fingerprint density at radius 3 is 2.55 bits per heavy atom. The maximum Gasteiger partial charge on any atom is 0.253 e. The molecule has 0 atom stereocenters. The first-order chi connectivity index (χ1) is 16.2. The summed E-state index contributed by atoms with van der Waals surface area (Å²) in [5.41, 5.74) is 5.18. The molecule has 1 amide bonds. The number of thioether (sulfide) groups is 1. The van der Waals surface area contributed by atoms with Crippen molar-refractivity contribution in [3.63, 3.8) is 0 Å². The van der Waals surface area contributed by atoms with Crippen LogP contribution in [0.5, 0.6) is 0 Å². The summed E-state index contributed by atoms with van der Waals surface area (Å²) in [6.07, 6.45) is 6.56. The molecule has 3 heterocycles. The van der Waals surface area contributed by atoms with Gasteiger partial charge in [0, 0.05) is 61.0 Å². The molecule has 4 aromatic rings. The number of hydrogen-bond donors (Lipinski definition) is 0. The summed E-state index contributed by atoms with van der Waals surface area (Å²) in [7, 11) is 1.88. The maximum atomic E-state index is 13.1. The van der Waals surface area contributed by atoms with E-state index in [9.17, 15) is 4.79 Å². The van der Waals surface area contributed by atoms with Crippen LogP contribution in [0.3, 0.4) is 0 Å². The number of hydrogen-bond acceptors (Lipinski definition) is 4. The number of pyridine rings is 1. The van der Waals surface area contributed by atoms with E-state index in [2.05, 4.69) is 40.3 Å². The molecule has 5 nitrogen and oxygen atoms in total. The van der Waals surface area contributed by atoms with Crippen molar-refractivity contribution in [2.75, 3.05) is 25.0 Å². The molecule has 1 saturated heterocycles. The zero-order valence-corrected chi connectivity index (χ0v) is 19.7. The molecule has 33 heavy (non-hydrogen) atoms. The van der Waals surface area contributed by atoms with E-state index >= 15 is 0 Å². The topological polar surface area (TPSA) is 40.9 Å². The van der Waals surface area contributed by atoms with Crippen molar-refractivity contribution in [3.8, 4) is 0 Å². The van der Waals surface area contributed by atoms with Crippen molar-refractivity contribution in [1.29, 1.82) is 0 Å². The van der Waals surface area contributed by atoms with Crippen LogP contribution in [0.2, 0.25) is 0 Å². The highest BCUT2D eigenvalue weighted by Gasteiger charge is 2.18. The molecule has 0 radical (unpaired) electrons. The van der Waals surface area contributed by atoms with Crippen LogP contribution in [0.15, 0.2) is 84.0 Å². The zero-order valence-electron chi connectivity index (χ0n) is 18.9. The van der Waals surface area contributed by atoms with Gasteiger partial charge in [-0.3, -0.25) is 4.79 Å². The monoisotopic (exact) mass is 456 g/mol. The van der Waals surface area contributed by atoms with Crippen molar-refractivity contribution in [1.82, 2.24) is 14.3 Å². The van der Waals surface area contributed by atoms with E-state index in [0.29, 0.717) is 12.1 Å². The van der Waals surface area contributed by atoms with Gasteiger partial charge in [-0.05, 0) is 60.9 Å². The van der Waals surface area contributed by atoms with Gasteiger partial charge in [-0.25, -0.2) is 4.98 Å². The van der Waals surface area contributed by atoms with Crippen LogP contribution in [-0.2, 0) is 12.3 Å². The minimum atomic E-state index is 0.0446. The second-order valence-corrected chi connectivity index (χ2v) is 9.54. The van der Waals surface area contributed by atoms with Crippen LogP contribution < -0.4 is 4.90 Å². The Bertz CT molecular complexity index is 1210. The van der Waals surface area contributed by atoms with Crippen LogP contribution in [0, 0.1) is 0 Å². The van der Waals surface area contributed by atoms with E-state index in [1.165, 1.54) is 24.1 Å². The molecule has 0 N–H and O–H groups in total. The largest absolute Gasteiger partial charge is 0.371 e. The summed E-state index contributed by atoms with van der Waals surface area (Å²) in [6, 6.07) is 22.4. The molecular formula is C27H28N4OS. The average molecular weight is 457 g/mol. The van der Waals surface area contributed by atoms with Crippen LogP contribution in [0.25, 0.3) is 5.65 Å². The lowest BCUT2D eigenvalue weighted by Crippen LogP contribution is -2.28. The van der Waals surface area contributed by atoms with Gasteiger partial charge in [0.05, 0.1) is 5.69 Å². The minimum Gasteiger partial charge on any atom is -0.371 e. The Morgan fingerprint density at radius 2 is 1.76 bits per heavy atom. The summed E-state index contributed by atoms with van der Waals surface area (Å²) < 4.78 is 2.04. The molecule has 5 rings (SSSR count). The highest BCUT2D eigenvalue weighted by Crippen LogP contribution is 2.26. The zero-order chi connectivity index (χ0) is 22.6. The SMILES string of the molecule is CN(Cc1ccccc1N1CCCC1)C(=O)c1ccc(SCc2cn3ccccc3n2)cc1. The predicted octanol–water partition coefficient (Wildman–Crippen LogP) is 5.50. The smallest absolute Gasteiger partial charge is 0.253 e. The number of para-hydroxylation sites is 1. The first-order valence-corrected chi connectivity index (χ1v) is 12.4. The second-order valence-electron chi connectivity index (χ2n) is 8.50. The predicted molar refractivity (Wildman–Crippen MR) is 135 cm³/mol. The molecule has 0 saturated carbocycles. The van der Waals surface area contributed by atoms with E-state index < -0.39 is 0 Å². The lowest BCUT2D eigenvalue weighted by atomic mass is 10.1. The molecule has 2 aromatic carbocycles. The lowest BCUT2D eigenvalue weighted by molar-refractivity contribution is 0.0785. The number of nitrogens with zero attached hydrogens (tertiary/aromatic N) is 4. The molecule has 0 bridgehead atoms. The summed E-state index contributed by atoms with van der Waals surface area (Å²) in [5.74, 6) is 0.838. The number of amides is 1. The van der Waals surface area contributed by atoms with E-state index in [1.54, 1.807) is 11.8 Å². The number of benzene rings is 2. The fraction of sp³-hybridized carbons (Fsp3) is 0.259. The van der Waals surface area contributed by atoms with Gasteiger partial charge in [0.1, 0.15) is 5.65 Å². The number of carbonyl (C=O) groups is 1. The number of aromatic nitrogens is 2. The van der Waals surface area contributed by atoms with Crippen molar-refractivity contribution in [2.45, 2.75) is 30.0 Å². The third kappa shape index (κ3) is 4.91. The maximum absolute atomic E-state index is 13.1. The number of rotatable bonds is 7. The van der Waals surface area contributed by atoms with Gasteiger partial charge in [-0.2, -0.15) is 0 Å². The quantitative estimate of drug-likeness (QED) is 0.344. The van der Waals surface area contributed by atoms with Crippen molar-refractivity contribution in [3.05, 3.63) is 95.9 Å². The number of fused-ring (bicyclic) bond motifs is 1. The van der Waals surface area contributed by atoms with Crippen LogP contribution >= 0.6 is 11.8 Å². The lowest BCUT2D eigenvalue weighted by Gasteiger charge is -2.24. The summed E-state index contributed by atoms with van der Waals surface area (Å²) in [4.78, 5) is 23.1. The molecule has 0 spiro atoms. The Morgan fingerprint density at radius 1 is 1.00 bits per heavy atom. The first kappa shape index (κ1) is 21.6. The van der Waals surface area contributed by atoms with E-state index in [4.69, 9.17) is 0 Å². The van der Waals surface area contributed by atoms with Gasteiger partial charge in [-0.15, -0.1) is 11.8 Å². The Hall–Kier alpha value is -3.25. The molecule has 0 unspecified atom stereocenters.